The molecule has 6 nitrogen and oxygen atoms in total. The number of nitrogens with zero attached hydrogens (tertiary/aromatic N) is 2. The molecule has 4 rings (SSSR count). The third kappa shape index (κ3) is 5.64. The number of benzene rings is 1. The smallest absolute Gasteiger partial charge is 0.226 e. The van der Waals surface area contributed by atoms with Gasteiger partial charge in [0.05, 0.1) is 12.5 Å². The number of nitrogens with one attached hydrogen (secondary N) is 1. The monoisotopic (exact) mass is 461 g/mol. The van der Waals surface area contributed by atoms with Gasteiger partial charge in [0.25, 0.3) is 0 Å². The number of piperazine rings is 1. The molecule has 1 N–H and O–H groups in total. The minimum absolute atomic E-state index is 0.0266. The van der Waals surface area contributed by atoms with Crippen molar-refractivity contribution < 1.29 is 14.3 Å². The van der Waals surface area contributed by atoms with E-state index in [0.717, 1.165) is 75.3 Å². The maximum atomic E-state index is 12.9. The van der Waals surface area contributed by atoms with Crippen molar-refractivity contribution in [3.05, 3.63) is 28.3 Å². The van der Waals surface area contributed by atoms with Gasteiger partial charge in [0.15, 0.2) is 0 Å². The van der Waals surface area contributed by atoms with Crippen molar-refractivity contribution in [2.24, 2.45) is 5.92 Å². The fourth-order valence-corrected chi connectivity index (χ4v) is 5.64. The van der Waals surface area contributed by atoms with Crippen LogP contribution in [-0.2, 0) is 20.9 Å². The van der Waals surface area contributed by atoms with E-state index in [1.165, 1.54) is 12.8 Å². The molecule has 176 valence electrons. The molecule has 1 unspecified atom stereocenters. The first-order valence-corrected chi connectivity index (χ1v) is 12.5. The van der Waals surface area contributed by atoms with Gasteiger partial charge in [-0.3, -0.25) is 14.5 Å². The summed E-state index contributed by atoms with van der Waals surface area (Å²) >= 11 is 6.41. The number of carbonyl (C=O) groups excluding carboxylic acids is 2. The third-order valence-electron chi connectivity index (χ3n) is 7.28. The van der Waals surface area contributed by atoms with Gasteiger partial charge >= 0.3 is 0 Å². The summed E-state index contributed by atoms with van der Waals surface area (Å²) in [7, 11) is 0. The highest BCUT2D eigenvalue weighted by Gasteiger charge is 2.33. The lowest BCUT2D eigenvalue weighted by Gasteiger charge is -2.41. The lowest BCUT2D eigenvalue weighted by Crippen LogP contribution is -2.54. The molecule has 1 saturated carbocycles. The Morgan fingerprint density at radius 1 is 1.16 bits per heavy atom. The fraction of sp³-hybridized carbons (Fsp3) is 0.680. The summed E-state index contributed by atoms with van der Waals surface area (Å²) in [5.41, 5.74) is 2.94. The Labute approximate surface area is 196 Å². The first kappa shape index (κ1) is 23.5. The highest BCUT2D eigenvalue weighted by molar-refractivity contribution is 6.31. The lowest BCUT2D eigenvalue weighted by molar-refractivity contribution is -0.140. The second kappa shape index (κ2) is 10.5. The van der Waals surface area contributed by atoms with Crippen molar-refractivity contribution in [1.82, 2.24) is 9.80 Å². The van der Waals surface area contributed by atoms with Gasteiger partial charge in [-0.25, -0.2) is 0 Å². The molecule has 2 atom stereocenters. The van der Waals surface area contributed by atoms with Gasteiger partial charge in [-0.1, -0.05) is 24.4 Å². The zero-order valence-electron chi connectivity index (χ0n) is 19.4. The standard InChI is InChI=1S/C25H36ClN3O3/c1-17-15-28(9-10-29(17)25(31)19-6-3-4-7-19)16-20-12-21(26)13-23(18(20)2)27-24(30)14-22-8-5-11-32-22/h12-13,17,19,22H,3-11,14-16H2,1-2H3,(H,27,30)/t17-,22?/m0/s1. The number of anilines is 1. The van der Waals surface area contributed by atoms with Crippen LogP contribution in [0.2, 0.25) is 5.02 Å². The van der Waals surface area contributed by atoms with Gasteiger partial charge in [-0.2, -0.15) is 0 Å². The second-order valence-electron chi connectivity index (χ2n) is 9.72. The molecular formula is C25H36ClN3O3. The SMILES string of the molecule is Cc1c(CN2CCN(C(=O)C3CCCC3)[C@@H](C)C2)cc(Cl)cc1NC(=O)CC1CCCO1. The molecule has 1 aliphatic carbocycles. The lowest BCUT2D eigenvalue weighted by atomic mass is 10.0. The van der Waals surface area contributed by atoms with E-state index in [2.05, 4.69) is 22.0 Å². The third-order valence-corrected chi connectivity index (χ3v) is 7.50. The predicted octanol–water partition coefficient (Wildman–Crippen LogP) is 4.38. The quantitative estimate of drug-likeness (QED) is 0.682. The van der Waals surface area contributed by atoms with Gasteiger partial charge in [0, 0.05) is 55.5 Å². The number of ether oxygens (including phenoxy) is 1. The van der Waals surface area contributed by atoms with Gasteiger partial charge in [0.1, 0.15) is 0 Å². The largest absolute Gasteiger partial charge is 0.378 e. The molecule has 0 aromatic heterocycles. The molecule has 3 fully saturated rings. The highest BCUT2D eigenvalue weighted by atomic mass is 35.5. The molecule has 2 amide bonds. The number of hydrogen-bond donors (Lipinski definition) is 1. The minimum atomic E-state index is -0.0270. The summed E-state index contributed by atoms with van der Waals surface area (Å²) in [6, 6.07) is 4.03. The van der Waals surface area contributed by atoms with Gasteiger partial charge in [-0.05, 0) is 62.8 Å². The summed E-state index contributed by atoms with van der Waals surface area (Å²) in [5, 5.41) is 3.67. The molecule has 2 heterocycles. The van der Waals surface area contributed by atoms with Crippen LogP contribution < -0.4 is 5.32 Å². The molecule has 1 aromatic carbocycles. The topological polar surface area (TPSA) is 61.9 Å². The molecule has 3 aliphatic rings. The maximum Gasteiger partial charge on any atom is 0.226 e. The molecule has 7 heteroatoms. The zero-order valence-corrected chi connectivity index (χ0v) is 20.1. The van der Waals surface area contributed by atoms with Crippen molar-refractivity contribution >= 4 is 29.1 Å². The van der Waals surface area contributed by atoms with E-state index in [1.807, 2.05) is 19.1 Å². The van der Waals surface area contributed by atoms with Crippen LogP contribution in [0.3, 0.4) is 0 Å². The van der Waals surface area contributed by atoms with E-state index in [9.17, 15) is 9.59 Å². The van der Waals surface area contributed by atoms with E-state index >= 15 is 0 Å². The van der Waals surface area contributed by atoms with Crippen LogP contribution in [0, 0.1) is 12.8 Å². The summed E-state index contributed by atoms with van der Waals surface area (Å²) in [6.07, 6.45) is 6.85. The maximum absolute atomic E-state index is 12.9. The minimum Gasteiger partial charge on any atom is -0.378 e. The summed E-state index contributed by atoms with van der Waals surface area (Å²) in [6.45, 7) is 8.19. The van der Waals surface area contributed by atoms with Crippen LogP contribution in [0.25, 0.3) is 0 Å². The van der Waals surface area contributed by atoms with E-state index in [-0.39, 0.29) is 24.0 Å². The molecule has 32 heavy (non-hydrogen) atoms. The van der Waals surface area contributed by atoms with E-state index in [4.69, 9.17) is 16.3 Å². The molecule has 0 spiro atoms. The van der Waals surface area contributed by atoms with Crippen molar-refractivity contribution in [3.8, 4) is 0 Å². The molecule has 0 bridgehead atoms. The number of hydrogen-bond acceptors (Lipinski definition) is 4. The van der Waals surface area contributed by atoms with Crippen LogP contribution in [0.15, 0.2) is 12.1 Å². The van der Waals surface area contributed by atoms with Crippen molar-refractivity contribution in [3.63, 3.8) is 0 Å². The number of amides is 2. The van der Waals surface area contributed by atoms with E-state index in [1.54, 1.807) is 0 Å². The molecule has 0 radical (unpaired) electrons. The van der Waals surface area contributed by atoms with Crippen LogP contribution in [0.5, 0.6) is 0 Å². The Balaban J connectivity index is 1.36. The van der Waals surface area contributed by atoms with Gasteiger partial charge in [-0.15, -0.1) is 0 Å². The normalized spacial score (nSPS) is 24.8. The molecule has 1 aromatic rings. The van der Waals surface area contributed by atoms with Crippen LogP contribution in [0.4, 0.5) is 5.69 Å². The van der Waals surface area contributed by atoms with Crippen LogP contribution >= 0.6 is 11.6 Å². The second-order valence-corrected chi connectivity index (χ2v) is 10.2. The predicted molar refractivity (Wildman–Crippen MR) is 127 cm³/mol. The number of rotatable bonds is 6. The summed E-state index contributed by atoms with van der Waals surface area (Å²) in [5.74, 6) is 0.561. The van der Waals surface area contributed by atoms with Gasteiger partial charge < -0.3 is 15.0 Å². The molecule has 2 saturated heterocycles. The first-order chi connectivity index (χ1) is 15.4. The van der Waals surface area contributed by atoms with Gasteiger partial charge in [0.2, 0.25) is 11.8 Å². The number of halogens is 1. The van der Waals surface area contributed by atoms with Crippen LogP contribution in [0.1, 0.15) is 63.0 Å². The average molecular weight is 462 g/mol. The Bertz CT molecular complexity index is 834. The van der Waals surface area contributed by atoms with Crippen molar-refractivity contribution in [2.75, 3.05) is 31.6 Å². The number of carbonyl (C=O) groups is 2. The molecule has 2 aliphatic heterocycles. The molecular weight excluding hydrogens is 426 g/mol. The summed E-state index contributed by atoms with van der Waals surface area (Å²) in [4.78, 5) is 29.9. The highest BCUT2D eigenvalue weighted by Crippen LogP contribution is 2.30. The van der Waals surface area contributed by atoms with Crippen molar-refractivity contribution in [1.29, 1.82) is 0 Å². The van der Waals surface area contributed by atoms with Crippen LogP contribution in [-0.4, -0.2) is 60.0 Å². The van der Waals surface area contributed by atoms with E-state index in [0.29, 0.717) is 17.4 Å². The van der Waals surface area contributed by atoms with E-state index < -0.39 is 0 Å². The summed E-state index contributed by atoms with van der Waals surface area (Å²) < 4.78 is 5.59. The van der Waals surface area contributed by atoms with Crippen molar-refractivity contribution in [2.45, 2.75) is 77.5 Å². The average Bonchev–Trinajstić information content (AvgIpc) is 3.45. The first-order valence-electron chi connectivity index (χ1n) is 12.1. The Morgan fingerprint density at radius 2 is 1.94 bits per heavy atom. The zero-order chi connectivity index (χ0) is 22.7. The fourth-order valence-electron chi connectivity index (χ4n) is 5.40. The Morgan fingerprint density at radius 3 is 2.62 bits per heavy atom. The Kier molecular flexibility index (Phi) is 7.74. The Hall–Kier alpha value is -1.63.